The van der Waals surface area contributed by atoms with Crippen LogP contribution in [0.25, 0.3) is 0 Å². The minimum atomic E-state index is -0.223. The van der Waals surface area contributed by atoms with Crippen molar-refractivity contribution in [3.05, 3.63) is 35.6 Å². The summed E-state index contributed by atoms with van der Waals surface area (Å²) in [6.45, 7) is 7.59. The summed E-state index contributed by atoms with van der Waals surface area (Å²) in [6.07, 6.45) is 2.38. The highest BCUT2D eigenvalue weighted by atomic mass is 19.1. The molecule has 0 aromatic heterocycles. The third-order valence-corrected chi connectivity index (χ3v) is 3.20. The first-order valence-electron chi connectivity index (χ1n) is 7.12. The van der Waals surface area contributed by atoms with E-state index >= 15 is 0 Å². The van der Waals surface area contributed by atoms with Crippen molar-refractivity contribution in [1.82, 2.24) is 4.90 Å². The molecule has 0 heterocycles. The first-order valence-corrected chi connectivity index (χ1v) is 7.12. The van der Waals surface area contributed by atoms with Gasteiger partial charge in [0.05, 0.1) is 0 Å². The molecule has 1 amide bonds. The van der Waals surface area contributed by atoms with Gasteiger partial charge in [0.1, 0.15) is 5.82 Å². The maximum atomic E-state index is 13.6. The van der Waals surface area contributed by atoms with Crippen LogP contribution < -0.4 is 0 Å². The molecule has 0 aliphatic heterocycles. The van der Waals surface area contributed by atoms with Crippen LogP contribution in [0.15, 0.2) is 24.3 Å². The van der Waals surface area contributed by atoms with Crippen molar-refractivity contribution in [3.63, 3.8) is 0 Å². The molecule has 19 heavy (non-hydrogen) atoms. The number of hydrogen-bond donors (Lipinski definition) is 0. The van der Waals surface area contributed by atoms with Gasteiger partial charge in [0.15, 0.2) is 0 Å². The fourth-order valence-corrected chi connectivity index (χ4v) is 2.26. The molecular formula is C16H24FNO. The molecule has 3 heteroatoms. The van der Waals surface area contributed by atoms with Crippen molar-refractivity contribution in [2.45, 2.75) is 40.0 Å². The van der Waals surface area contributed by atoms with Crippen LogP contribution in [-0.2, 0) is 11.2 Å². The Morgan fingerprint density at radius 2 is 1.79 bits per heavy atom. The number of hydrogen-bond acceptors (Lipinski definition) is 1. The molecule has 106 valence electrons. The lowest BCUT2D eigenvalue weighted by Crippen LogP contribution is -2.37. The van der Waals surface area contributed by atoms with Crippen LogP contribution in [0.2, 0.25) is 0 Å². The molecular weight excluding hydrogens is 241 g/mol. The fraction of sp³-hybridized carbons (Fsp3) is 0.562. The van der Waals surface area contributed by atoms with Crippen molar-refractivity contribution in [1.29, 1.82) is 0 Å². The van der Waals surface area contributed by atoms with Crippen LogP contribution in [-0.4, -0.2) is 23.9 Å². The summed E-state index contributed by atoms with van der Waals surface area (Å²) in [5.74, 6) is -0.262. The van der Waals surface area contributed by atoms with E-state index in [4.69, 9.17) is 0 Å². The molecule has 1 atom stereocenters. The third kappa shape index (κ3) is 4.66. The summed E-state index contributed by atoms with van der Waals surface area (Å²) in [4.78, 5) is 14.2. The Labute approximate surface area is 115 Å². The van der Waals surface area contributed by atoms with Gasteiger partial charge in [0.25, 0.3) is 0 Å². The van der Waals surface area contributed by atoms with Gasteiger partial charge in [0, 0.05) is 19.0 Å². The first-order chi connectivity index (χ1) is 9.10. The monoisotopic (exact) mass is 265 g/mol. The van der Waals surface area contributed by atoms with Crippen LogP contribution in [0.5, 0.6) is 0 Å². The second kappa shape index (κ2) is 7.93. The normalized spacial score (nSPS) is 12.2. The maximum Gasteiger partial charge on any atom is 0.225 e. The van der Waals surface area contributed by atoms with Gasteiger partial charge in [-0.1, -0.05) is 39.0 Å². The zero-order chi connectivity index (χ0) is 14.3. The van der Waals surface area contributed by atoms with E-state index in [9.17, 15) is 9.18 Å². The lowest BCUT2D eigenvalue weighted by atomic mass is 9.99. The highest BCUT2D eigenvalue weighted by Gasteiger charge is 2.20. The van der Waals surface area contributed by atoms with Gasteiger partial charge in [0.2, 0.25) is 5.91 Å². The van der Waals surface area contributed by atoms with E-state index in [-0.39, 0.29) is 17.6 Å². The summed E-state index contributed by atoms with van der Waals surface area (Å²) in [5.41, 5.74) is 0.622. The zero-order valence-electron chi connectivity index (χ0n) is 12.2. The van der Waals surface area contributed by atoms with E-state index in [1.54, 1.807) is 12.1 Å². The average Bonchev–Trinajstić information content (AvgIpc) is 2.40. The summed E-state index contributed by atoms with van der Waals surface area (Å²) in [5, 5.41) is 0. The van der Waals surface area contributed by atoms with E-state index < -0.39 is 0 Å². The Morgan fingerprint density at radius 1 is 1.21 bits per heavy atom. The van der Waals surface area contributed by atoms with Gasteiger partial charge >= 0.3 is 0 Å². The number of halogens is 1. The topological polar surface area (TPSA) is 20.3 Å². The number of rotatable bonds is 7. The Morgan fingerprint density at radius 3 is 2.32 bits per heavy atom. The molecule has 1 aromatic rings. The van der Waals surface area contributed by atoms with Crippen LogP contribution in [0, 0.1) is 11.7 Å². The maximum absolute atomic E-state index is 13.6. The summed E-state index contributed by atoms with van der Waals surface area (Å²) in [6, 6.07) is 6.68. The Balaban J connectivity index is 2.68. The largest absolute Gasteiger partial charge is 0.342 e. The fourth-order valence-electron chi connectivity index (χ4n) is 2.26. The van der Waals surface area contributed by atoms with E-state index in [2.05, 4.69) is 13.8 Å². The molecule has 0 saturated carbocycles. The Hall–Kier alpha value is -1.38. The molecule has 1 rings (SSSR count). The van der Waals surface area contributed by atoms with Crippen LogP contribution in [0.4, 0.5) is 4.39 Å². The van der Waals surface area contributed by atoms with E-state index in [0.29, 0.717) is 12.0 Å². The molecule has 0 radical (unpaired) electrons. The quantitative estimate of drug-likeness (QED) is 0.737. The summed E-state index contributed by atoms with van der Waals surface area (Å²) in [7, 11) is 0. The van der Waals surface area contributed by atoms with Crippen molar-refractivity contribution >= 4 is 5.91 Å². The first kappa shape index (κ1) is 15.7. The minimum Gasteiger partial charge on any atom is -0.342 e. The van der Waals surface area contributed by atoms with Gasteiger partial charge < -0.3 is 4.90 Å². The number of amides is 1. The van der Waals surface area contributed by atoms with E-state index in [1.165, 1.54) is 6.07 Å². The predicted molar refractivity (Wildman–Crippen MR) is 76.4 cm³/mol. The second-order valence-electron chi connectivity index (χ2n) is 5.02. The average molecular weight is 265 g/mol. The lowest BCUT2D eigenvalue weighted by Gasteiger charge is -2.25. The van der Waals surface area contributed by atoms with Gasteiger partial charge in [-0.25, -0.2) is 4.39 Å². The minimum absolute atomic E-state index is 0.131. The van der Waals surface area contributed by atoms with Crippen molar-refractivity contribution in [2.75, 3.05) is 13.1 Å². The van der Waals surface area contributed by atoms with Crippen LogP contribution in [0.3, 0.4) is 0 Å². The van der Waals surface area contributed by atoms with E-state index in [1.807, 2.05) is 17.9 Å². The molecule has 0 aliphatic rings. The Kier molecular flexibility index (Phi) is 6.54. The lowest BCUT2D eigenvalue weighted by molar-refractivity contribution is -0.135. The summed E-state index contributed by atoms with van der Waals surface area (Å²) >= 11 is 0. The Bertz CT molecular complexity index is 399. The van der Waals surface area contributed by atoms with Crippen LogP contribution >= 0.6 is 0 Å². The molecule has 0 bridgehead atoms. The predicted octanol–water partition coefficient (Wildman–Crippen LogP) is 3.65. The van der Waals surface area contributed by atoms with Crippen LogP contribution in [0.1, 0.15) is 39.2 Å². The third-order valence-electron chi connectivity index (χ3n) is 3.20. The molecule has 0 saturated heterocycles. The number of carbonyl (C=O) groups excluding carboxylic acids is 1. The number of nitrogens with zero attached hydrogens (tertiary/aromatic N) is 1. The highest BCUT2D eigenvalue weighted by Crippen LogP contribution is 2.15. The smallest absolute Gasteiger partial charge is 0.225 e. The molecule has 0 fully saturated rings. The van der Waals surface area contributed by atoms with Gasteiger partial charge in [-0.05, 0) is 30.9 Å². The van der Waals surface area contributed by atoms with Gasteiger partial charge in [-0.2, -0.15) is 0 Å². The van der Waals surface area contributed by atoms with Crippen molar-refractivity contribution < 1.29 is 9.18 Å². The molecule has 0 aliphatic carbocycles. The second-order valence-corrected chi connectivity index (χ2v) is 5.02. The number of carbonyl (C=O) groups is 1. The molecule has 0 spiro atoms. The summed E-state index contributed by atoms with van der Waals surface area (Å²) < 4.78 is 13.6. The SMILES string of the molecule is CCCN(CCC)C(=O)C(C)Cc1ccccc1F. The van der Waals surface area contributed by atoms with E-state index in [0.717, 1.165) is 25.9 Å². The molecule has 1 unspecified atom stereocenters. The van der Waals surface area contributed by atoms with Gasteiger partial charge in [-0.3, -0.25) is 4.79 Å². The van der Waals surface area contributed by atoms with Crippen molar-refractivity contribution in [3.8, 4) is 0 Å². The molecule has 2 nitrogen and oxygen atoms in total. The highest BCUT2D eigenvalue weighted by molar-refractivity contribution is 5.78. The number of benzene rings is 1. The molecule has 0 N–H and O–H groups in total. The van der Waals surface area contributed by atoms with Crippen molar-refractivity contribution in [2.24, 2.45) is 5.92 Å². The molecule has 1 aromatic carbocycles. The zero-order valence-corrected chi connectivity index (χ0v) is 12.2. The van der Waals surface area contributed by atoms with Gasteiger partial charge in [-0.15, -0.1) is 0 Å². The standard InChI is InChI=1S/C16H24FNO/c1-4-10-18(11-5-2)16(19)13(3)12-14-8-6-7-9-15(14)17/h6-9,13H,4-5,10-12H2,1-3H3.